The summed E-state index contributed by atoms with van der Waals surface area (Å²) in [4.78, 5) is 25.7. The van der Waals surface area contributed by atoms with Crippen molar-refractivity contribution >= 4 is 11.9 Å². The minimum absolute atomic E-state index is 0.298. The molecule has 0 fully saturated rings. The van der Waals surface area contributed by atoms with Crippen LogP contribution >= 0.6 is 0 Å². The van der Waals surface area contributed by atoms with Gasteiger partial charge in [-0.3, -0.25) is 4.79 Å². The van der Waals surface area contributed by atoms with Gasteiger partial charge in [0.05, 0.1) is 11.3 Å². The van der Waals surface area contributed by atoms with E-state index in [1.54, 1.807) is 0 Å². The third-order valence-electron chi connectivity index (χ3n) is 2.64. The lowest BCUT2D eigenvalue weighted by Crippen LogP contribution is -2.42. The molecule has 0 spiro atoms. The Hall–Kier alpha value is -2.26. The molecule has 0 aliphatic rings. The number of carboxylic acid groups (broad SMARTS) is 1. The predicted octanol–water partition coefficient (Wildman–Crippen LogP) is 2.25. The lowest BCUT2D eigenvalue weighted by molar-refractivity contribution is -0.141. The number of carboxylic acids is 1. The van der Waals surface area contributed by atoms with Crippen LogP contribution in [0.1, 0.15) is 28.2 Å². The fourth-order valence-electron chi connectivity index (χ4n) is 1.59. The number of pyridine rings is 1. The first kappa shape index (κ1) is 17.8. The van der Waals surface area contributed by atoms with E-state index in [-0.39, 0.29) is 11.3 Å². The van der Waals surface area contributed by atoms with E-state index >= 15 is 0 Å². The van der Waals surface area contributed by atoms with Crippen molar-refractivity contribution in [2.24, 2.45) is 0 Å². The number of aliphatic carboxylic acids is 1. The number of alkyl halides is 5. The van der Waals surface area contributed by atoms with Gasteiger partial charge in [0.2, 0.25) is 6.43 Å². The molecule has 1 rings (SSSR count). The van der Waals surface area contributed by atoms with E-state index in [0.717, 1.165) is 13.0 Å². The predicted molar refractivity (Wildman–Crippen MR) is 63.5 cm³/mol. The number of nitrogens with one attached hydrogen (secondary N) is 1. The van der Waals surface area contributed by atoms with Crippen LogP contribution in [-0.4, -0.2) is 34.4 Å². The van der Waals surface area contributed by atoms with Gasteiger partial charge < -0.3 is 10.4 Å². The molecule has 1 amide bonds. The number of hydrogen-bond acceptors (Lipinski definition) is 3. The zero-order valence-corrected chi connectivity index (χ0v) is 11.1. The van der Waals surface area contributed by atoms with E-state index in [2.05, 4.69) is 4.98 Å². The summed E-state index contributed by atoms with van der Waals surface area (Å²) in [7, 11) is 0. The van der Waals surface area contributed by atoms with Gasteiger partial charge in [0.1, 0.15) is 11.7 Å². The molecule has 1 unspecified atom stereocenters. The molecule has 1 heterocycles. The van der Waals surface area contributed by atoms with Crippen LogP contribution in [0.4, 0.5) is 22.0 Å². The maximum Gasteiger partial charge on any atom is 0.433 e. The van der Waals surface area contributed by atoms with Crippen molar-refractivity contribution in [2.75, 3.05) is 0 Å². The summed E-state index contributed by atoms with van der Waals surface area (Å²) >= 11 is 0. The Morgan fingerprint density at radius 2 is 1.91 bits per heavy atom. The minimum Gasteiger partial charge on any atom is -0.480 e. The van der Waals surface area contributed by atoms with E-state index in [1.807, 2.05) is 5.32 Å². The Balaban J connectivity index is 2.96. The van der Waals surface area contributed by atoms with Gasteiger partial charge in [-0.25, -0.2) is 18.6 Å². The zero-order chi connectivity index (χ0) is 17.1. The molecule has 10 heteroatoms. The number of hydrogen-bond donors (Lipinski definition) is 2. The molecule has 0 aromatic carbocycles. The van der Waals surface area contributed by atoms with Crippen LogP contribution in [0.25, 0.3) is 0 Å². The smallest absolute Gasteiger partial charge is 0.433 e. The van der Waals surface area contributed by atoms with Crippen LogP contribution in [-0.2, 0) is 11.0 Å². The molecule has 0 saturated carbocycles. The van der Waals surface area contributed by atoms with Crippen LogP contribution in [0.5, 0.6) is 0 Å². The number of aryl methyl sites for hydroxylation is 1. The van der Waals surface area contributed by atoms with Gasteiger partial charge >= 0.3 is 12.1 Å². The Morgan fingerprint density at radius 3 is 2.32 bits per heavy atom. The SMILES string of the molecule is Cc1nc(C(F)(F)F)ccc1C(=O)NC(CC(F)F)C(=O)O. The molecule has 0 radical (unpaired) electrons. The fraction of sp³-hybridized carbons (Fsp3) is 0.417. The summed E-state index contributed by atoms with van der Waals surface area (Å²) in [5, 5.41) is 10.5. The van der Waals surface area contributed by atoms with Gasteiger partial charge in [-0.05, 0) is 19.1 Å². The summed E-state index contributed by atoms with van der Waals surface area (Å²) in [5.41, 5.74) is -1.84. The highest BCUT2D eigenvalue weighted by Gasteiger charge is 2.33. The summed E-state index contributed by atoms with van der Waals surface area (Å²) in [6.45, 7) is 1.12. The average Bonchev–Trinajstić information content (AvgIpc) is 2.35. The Morgan fingerprint density at radius 1 is 1.32 bits per heavy atom. The molecule has 1 aromatic heterocycles. The van der Waals surface area contributed by atoms with Gasteiger partial charge in [-0.15, -0.1) is 0 Å². The molecule has 1 aromatic rings. The van der Waals surface area contributed by atoms with E-state index in [0.29, 0.717) is 6.07 Å². The number of aromatic nitrogens is 1. The molecule has 22 heavy (non-hydrogen) atoms. The Kier molecular flexibility index (Phi) is 5.39. The molecule has 0 saturated heterocycles. The highest BCUT2D eigenvalue weighted by Crippen LogP contribution is 2.28. The lowest BCUT2D eigenvalue weighted by atomic mass is 10.1. The quantitative estimate of drug-likeness (QED) is 0.814. The van der Waals surface area contributed by atoms with Crippen molar-refractivity contribution in [2.45, 2.75) is 32.0 Å². The Labute approximate surface area is 121 Å². The molecular formula is C12H11F5N2O3. The summed E-state index contributed by atoms with van der Waals surface area (Å²) < 4.78 is 61.7. The fourth-order valence-corrected chi connectivity index (χ4v) is 1.59. The summed E-state index contributed by atoms with van der Waals surface area (Å²) in [6, 6.07) is -0.499. The third kappa shape index (κ3) is 4.64. The van der Waals surface area contributed by atoms with E-state index < -0.39 is 42.6 Å². The van der Waals surface area contributed by atoms with Crippen LogP contribution in [0, 0.1) is 6.92 Å². The number of carbonyl (C=O) groups is 2. The van der Waals surface area contributed by atoms with Crippen LogP contribution in [0.15, 0.2) is 12.1 Å². The van der Waals surface area contributed by atoms with Crippen molar-refractivity contribution in [1.29, 1.82) is 0 Å². The third-order valence-corrected chi connectivity index (χ3v) is 2.64. The second-order valence-corrected chi connectivity index (χ2v) is 4.32. The highest BCUT2D eigenvalue weighted by atomic mass is 19.4. The molecule has 2 N–H and O–H groups in total. The molecule has 122 valence electrons. The van der Waals surface area contributed by atoms with Gasteiger partial charge in [0, 0.05) is 6.42 Å². The lowest BCUT2D eigenvalue weighted by Gasteiger charge is -2.15. The van der Waals surface area contributed by atoms with Crippen molar-refractivity contribution < 1.29 is 36.6 Å². The molecule has 1 atom stereocenters. The second kappa shape index (κ2) is 6.67. The normalized spacial score (nSPS) is 13.0. The maximum atomic E-state index is 12.4. The van der Waals surface area contributed by atoms with Crippen molar-refractivity contribution in [3.05, 3.63) is 29.1 Å². The average molecular weight is 326 g/mol. The van der Waals surface area contributed by atoms with E-state index in [1.165, 1.54) is 0 Å². The Bertz CT molecular complexity index is 574. The molecule has 0 aliphatic heterocycles. The van der Waals surface area contributed by atoms with Gasteiger partial charge in [0.15, 0.2) is 0 Å². The van der Waals surface area contributed by atoms with Gasteiger partial charge in [-0.1, -0.05) is 0 Å². The van der Waals surface area contributed by atoms with Gasteiger partial charge in [-0.2, -0.15) is 13.2 Å². The van der Waals surface area contributed by atoms with Crippen LogP contribution in [0.3, 0.4) is 0 Å². The molecular weight excluding hydrogens is 315 g/mol. The number of halogens is 5. The number of rotatable bonds is 5. The topological polar surface area (TPSA) is 79.3 Å². The number of nitrogens with zero attached hydrogens (tertiary/aromatic N) is 1. The van der Waals surface area contributed by atoms with Gasteiger partial charge in [0.25, 0.3) is 5.91 Å². The first-order valence-electron chi connectivity index (χ1n) is 5.89. The number of carbonyl (C=O) groups excluding carboxylic acids is 1. The summed E-state index contributed by atoms with van der Waals surface area (Å²) in [6.07, 6.45) is -8.78. The number of amides is 1. The van der Waals surface area contributed by atoms with Crippen molar-refractivity contribution in [3.63, 3.8) is 0 Å². The van der Waals surface area contributed by atoms with Crippen LogP contribution in [0.2, 0.25) is 0 Å². The van der Waals surface area contributed by atoms with Crippen molar-refractivity contribution in [1.82, 2.24) is 10.3 Å². The largest absolute Gasteiger partial charge is 0.480 e. The first-order valence-corrected chi connectivity index (χ1v) is 5.89. The molecule has 5 nitrogen and oxygen atoms in total. The monoisotopic (exact) mass is 326 g/mol. The highest BCUT2D eigenvalue weighted by molar-refractivity contribution is 5.97. The van der Waals surface area contributed by atoms with E-state index in [9.17, 15) is 31.5 Å². The molecule has 0 bridgehead atoms. The van der Waals surface area contributed by atoms with Crippen LogP contribution < -0.4 is 5.32 Å². The first-order chi connectivity index (χ1) is 10.0. The minimum atomic E-state index is -4.70. The summed E-state index contributed by atoms with van der Waals surface area (Å²) in [5.74, 6) is -2.77. The standard InChI is InChI=1S/C12H11F5N2O3/c1-5-6(2-3-8(18-5)12(15,16)17)10(20)19-7(11(21)22)4-9(13)14/h2-3,7,9H,4H2,1H3,(H,19,20)(H,21,22). The molecule has 0 aliphatic carbocycles. The second-order valence-electron chi connectivity index (χ2n) is 4.32. The zero-order valence-electron chi connectivity index (χ0n) is 11.1. The maximum absolute atomic E-state index is 12.4. The van der Waals surface area contributed by atoms with E-state index in [4.69, 9.17) is 5.11 Å². The van der Waals surface area contributed by atoms with Crippen molar-refractivity contribution in [3.8, 4) is 0 Å².